The van der Waals surface area contributed by atoms with E-state index in [2.05, 4.69) is 10.6 Å². The molecule has 2 aromatic heterocycles. The first-order valence-corrected chi connectivity index (χ1v) is 13.0. The molecule has 0 spiro atoms. The number of pyridine rings is 1. The van der Waals surface area contributed by atoms with Gasteiger partial charge in [0.25, 0.3) is 11.8 Å². The maximum Gasteiger partial charge on any atom is 0.272 e. The quantitative estimate of drug-likeness (QED) is 0.419. The predicted molar refractivity (Wildman–Crippen MR) is 144 cm³/mol. The largest absolute Gasteiger partial charge is 0.486 e. The number of aromatic nitrogens is 2. The van der Waals surface area contributed by atoms with Crippen molar-refractivity contribution in [2.45, 2.75) is 52.2 Å². The number of aliphatic hydroxyl groups excluding tert-OH is 1. The Morgan fingerprint density at radius 1 is 1.13 bits per heavy atom. The first-order valence-electron chi connectivity index (χ1n) is 13.0. The van der Waals surface area contributed by atoms with Gasteiger partial charge in [0.15, 0.2) is 11.4 Å². The van der Waals surface area contributed by atoms with E-state index >= 15 is 0 Å². The van der Waals surface area contributed by atoms with Crippen LogP contribution in [0.2, 0.25) is 0 Å². The monoisotopic (exact) mass is 521 g/mol. The average molecular weight is 522 g/mol. The van der Waals surface area contributed by atoms with Gasteiger partial charge in [-0.15, -0.1) is 0 Å². The zero-order valence-electron chi connectivity index (χ0n) is 22.3. The molecular formula is C28H35N5O5. The number of ether oxygens (including phenoxy) is 1. The standard InChI is InChI=1S/C28H35N5O5/c1-5-18-15-21-23(30-26(18)31-27(36)19-9-7-6-8-10-19)25(38-17(2)3)24(32(21)4)28(37)29-20-11-13-33(14-12-20)22(35)16-34/h6-10,15,17,20,34H,5,11-14,16H2,1-4H3,(H,29,37)(H,30,31,36). The van der Waals surface area contributed by atoms with Crippen molar-refractivity contribution >= 4 is 34.6 Å². The second kappa shape index (κ2) is 11.6. The van der Waals surface area contributed by atoms with Crippen molar-refractivity contribution < 1.29 is 24.2 Å². The van der Waals surface area contributed by atoms with Gasteiger partial charge in [-0.3, -0.25) is 14.4 Å². The second-order valence-electron chi connectivity index (χ2n) is 9.73. The van der Waals surface area contributed by atoms with Crippen LogP contribution in [-0.2, 0) is 18.3 Å². The van der Waals surface area contributed by atoms with Gasteiger partial charge in [-0.2, -0.15) is 0 Å². The lowest BCUT2D eigenvalue weighted by atomic mass is 10.0. The third kappa shape index (κ3) is 5.65. The molecule has 3 N–H and O–H groups in total. The molecule has 10 heteroatoms. The van der Waals surface area contributed by atoms with Crippen LogP contribution in [-0.4, -0.2) is 69.1 Å². The van der Waals surface area contributed by atoms with E-state index in [1.807, 2.05) is 32.9 Å². The molecule has 0 aliphatic carbocycles. The first kappa shape index (κ1) is 27.1. The van der Waals surface area contributed by atoms with E-state index in [4.69, 9.17) is 14.8 Å². The number of carbonyl (C=O) groups excluding carboxylic acids is 3. The van der Waals surface area contributed by atoms with Crippen LogP contribution in [0.5, 0.6) is 5.75 Å². The molecule has 0 unspecified atom stereocenters. The van der Waals surface area contributed by atoms with Gasteiger partial charge in [0.2, 0.25) is 5.91 Å². The maximum atomic E-state index is 13.5. The molecule has 3 amide bonds. The molecule has 3 aromatic rings. The molecule has 1 aromatic carbocycles. The lowest BCUT2D eigenvalue weighted by Crippen LogP contribution is -2.47. The number of hydrogen-bond donors (Lipinski definition) is 3. The number of aryl methyl sites for hydroxylation is 2. The fourth-order valence-corrected chi connectivity index (χ4v) is 4.73. The topological polar surface area (TPSA) is 126 Å². The molecular weight excluding hydrogens is 486 g/mol. The Hall–Kier alpha value is -3.92. The summed E-state index contributed by atoms with van der Waals surface area (Å²) in [6.45, 7) is 6.18. The molecule has 202 valence electrons. The van der Waals surface area contributed by atoms with Gasteiger partial charge in [-0.05, 0) is 56.9 Å². The Kier molecular flexibility index (Phi) is 8.31. The molecule has 0 atom stereocenters. The third-order valence-corrected chi connectivity index (χ3v) is 6.74. The number of carbonyl (C=O) groups is 3. The molecule has 1 aliphatic heterocycles. The molecule has 10 nitrogen and oxygen atoms in total. The highest BCUT2D eigenvalue weighted by molar-refractivity contribution is 6.06. The maximum absolute atomic E-state index is 13.5. The summed E-state index contributed by atoms with van der Waals surface area (Å²) >= 11 is 0. The minimum atomic E-state index is -0.511. The fraction of sp³-hybridized carbons (Fsp3) is 0.429. The predicted octanol–water partition coefficient (Wildman–Crippen LogP) is 2.89. The van der Waals surface area contributed by atoms with Crippen molar-refractivity contribution in [2.24, 2.45) is 7.05 Å². The summed E-state index contributed by atoms with van der Waals surface area (Å²) in [5.74, 6) is -0.0647. The Labute approximate surface area is 222 Å². The zero-order chi connectivity index (χ0) is 27.4. The molecule has 1 saturated heterocycles. The Bertz CT molecular complexity index is 1330. The van der Waals surface area contributed by atoms with Crippen LogP contribution in [0.15, 0.2) is 36.4 Å². The number of benzene rings is 1. The zero-order valence-corrected chi connectivity index (χ0v) is 22.3. The van der Waals surface area contributed by atoms with Crippen molar-refractivity contribution in [3.63, 3.8) is 0 Å². The number of fused-ring (bicyclic) bond motifs is 1. The van der Waals surface area contributed by atoms with E-state index in [0.717, 1.165) is 11.1 Å². The highest BCUT2D eigenvalue weighted by Gasteiger charge is 2.29. The number of amides is 3. The van der Waals surface area contributed by atoms with E-state index in [9.17, 15) is 14.4 Å². The number of aliphatic hydroxyl groups is 1. The van der Waals surface area contributed by atoms with Crippen LogP contribution in [0.1, 0.15) is 60.0 Å². The van der Waals surface area contributed by atoms with Crippen LogP contribution < -0.4 is 15.4 Å². The molecule has 0 saturated carbocycles. The summed E-state index contributed by atoms with van der Waals surface area (Å²) in [6.07, 6.45) is 1.60. The van der Waals surface area contributed by atoms with E-state index in [1.165, 1.54) is 0 Å². The lowest BCUT2D eigenvalue weighted by Gasteiger charge is -2.32. The van der Waals surface area contributed by atoms with Gasteiger partial charge in [0.05, 0.1) is 11.6 Å². The van der Waals surface area contributed by atoms with Gasteiger partial charge in [0.1, 0.15) is 17.9 Å². The SMILES string of the molecule is CCc1cc2c(nc1NC(=O)c1ccccc1)c(OC(C)C)c(C(=O)NC1CCN(C(=O)CO)CC1)n2C. The van der Waals surface area contributed by atoms with Crippen molar-refractivity contribution in [1.82, 2.24) is 19.8 Å². The number of nitrogens with zero attached hydrogens (tertiary/aromatic N) is 3. The number of piperidine rings is 1. The lowest BCUT2D eigenvalue weighted by molar-refractivity contribution is -0.135. The highest BCUT2D eigenvalue weighted by Crippen LogP contribution is 2.35. The molecule has 0 radical (unpaired) electrons. The van der Waals surface area contributed by atoms with Crippen molar-refractivity contribution in [3.05, 3.63) is 53.2 Å². The molecule has 38 heavy (non-hydrogen) atoms. The first-order chi connectivity index (χ1) is 18.2. The van der Waals surface area contributed by atoms with E-state index < -0.39 is 6.61 Å². The van der Waals surface area contributed by atoms with E-state index in [0.29, 0.717) is 60.7 Å². The fourth-order valence-electron chi connectivity index (χ4n) is 4.73. The van der Waals surface area contributed by atoms with Gasteiger partial charge in [-0.1, -0.05) is 25.1 Å². The number of anilines is 1. The summed E-state index contributed by atoms with van der Waals surface area (Å²) in [6, 6.07) is 10.8. The van der Waals surface area contributed by atoms with Gasteiger partial charge in [0, 0.05) is 31.7 Å². The summed E-state index contributed by atoms with van der Waals surface area (Å²) in [5, 5.41) is 15.1. The van der Waals surface area contributed by atoms with E-state index in [1.54, 1.807) is 40.8 Å². The van der Waals surface area contributed by atoms with E-state index in [-0.39, 0.29) is 29.9 Å². The van der Waals surface area contributed by atoms with Crippen LogP contribution in [0.25, 0.3) is 11.0 Å². The second-order valence-corrected chi connectivity index (χ2v) is 9.73. The number of rotatable bonds is 8. The van der Waals surface area contributed by atoms with Crippen LogP contribution in [0, 0.1) is 0 Å². The smallest absolute Gasteiger partial charge is 0.272 e. The van der Waals surface area contributed by atoms with Crippen LogP contribution in [0.3, 0.4) is 0 Å². The van der Waals surface area contributed by atoms with Crippen LogP contribution in [0.4, 0.5) is 5.82 Å². The summed E-state index contributed by atoms with van der Waals surface area (Å²) in [7, 11) is 1.80. The summed E-state index contributed by atoms with van der Waals surface area (Å²) < 4.78 is 7.91. The molecule has 1 fully saturated rings. The number of likely N-dealkylation sites (tertiary alicyclic amines) is 1. The normalized spacial score (nSPS) is 14.1. The minimum Gasteiger partial charge on any atom is -0.486 e. The molecule has 4 rings (SSSR count). The summed E-state index contributed by atoms with van der Waals surface area (Å²) in [5.41, 5.74) is 2.93. The Morgan fingerprint density at radius 3 is 2.42 bits per heavy atom. The highest BCUT2D eigenvalue weighted by atomic mass is 16.5. The van der Waals surface area contributed by atoms with Crippen molar-refractivity contribution in [3.8, 4) is 5.75 Å². The van der Waals surface area contributed by atoms with Crippen molar-refractivity contribution in [2.75, 3.05) is 25.0 Å². The number of nitrogens with one attached hydrogen (secondary N) is 2. The van der Waals surface area contributed by atoms with Crippen LogP contribution >= 0.6 is 0 Å². The van der Waals surface area contributed by atoms with Gasteiger partial charge in [-0.25, -0.2) is 4.98 Å². The third-order valence-electron chi connectivity index (χ3n) is 6.74. The summed E-state index contributed by atoms with van der Waals surface area (Å²) in [4.78, 5) is 44.6. The average Bonchev–Trinajstić information content (AvgIpc) is 3.18. The molecule has 0 bridgehead atoms. The molecule has 1 aliphatic rings. The number of hydrogen-bond acceptors (Lipinski definition) is 6. The Balaban J connectivity index is 1.66. The minimum absolute atomic E-state index is 0.116. The molecule has 3 heterocycles. The van der Waals surface area contributed by atoms with Gasteiger partial charge < -0.3 is 29.9 Å². The Morgan fingerprint density at radius 2 is 1.82 bits per heavy atom. The van der Waals surface area contributed by atoms with Crippen molar-refractivity contribution in [1.29, 1.82) is 0 Å². The van der Waals surface area contributed by atoms with Gasteiger partial charge >= 0.3 is 0 Å².